The molecule has 0 radical (unpaired) electrons. The van der Waals surface area contributed by atoms with Crippen LogP contribution in [0.1, 0.15) is 27.7 Å². The van der Waals surface area contributed by atoms with E-state index in [0.717, 1.165) is 41.0 Å². The van der Waals surface area contributed by atoms with Crippen molar-refractivity contribution in [2.45, 2.75) is 33.7 Å². The number of hydrogen-bond donors (Lipinski definition) is 3. The van der Waals surface area contributed by atoms with Gasteiger partial charge in [-0.2, -0.15) is 9.61 Å². The Balaban J connectivity index is 1.26. The molecule has 1 aliphatic heterocycles. The van der Waals surface area contributed by atoms with Gasteiger partial charge >= 0.3 is 6.09 Å². The Morgan fingerprint density at radius 2 is 1.53 bits per heavy atom. The SMILES string of the molecule is CC(C)COC(=O)Nc1ccc(-c2cnc3c(-c4ccc(N5CCN(C(=O)[C@@H](N)C(C)C)CC5)cc4)cnn3c2N)cc1. The van der Waals surface area contributed by atoms with Crippen LogP contribution in [0.4, 0.5) is 22.0 Å². The normalized spacial score (nSPS) is 14.4. The number of nitrogens with two attached hydrogens (primary N) is 2. The van der Waals surface area contributed by atoms with E-state index >= 15 is 0 Å². The Hall–Kier alpha value is -4.64. The molecule has 2 amide bonds. The zero-order valence-corrected chi connectivity index (χ0v) is 25.2. The van der Waals surface area contributed by atoms with Gasteiger partial charge in [-0.3, -0.25) is 10.1 Å². The zero-order chi connectivity index (χ0) is 30.7. The van der Waals surface area contributed by atoms with E-state index in [1.807, 2.05) is 44.7 Å². The van der Waals surface area contributed by atoms with Crippen LogP contribution in [0.15, 0.2) is 60.9 Å². The molecule has 0 aliphatic carbocycles. The second-order valence-corrected chi connectivity index (χ2v) is 11.7. The summed E-state index contributed by atoms with van der Waals surface area (Å²) in [6.45, 7) is 11.1. The van der Waals surface area contributed by atoms with Gasteiger partial charge in [0.05, 0.1) is 18.8 Å². The van der Waals surface area contributed by atoms with Crippen molar-refractivity contribution >= 4 is 34.8 Å². The van der Waals surface area contributed by atoms with E-state index in [0.29, 0.717) is 36.8 Å². The minimum atomic E-state index is -0.484. The van der Waals surface area contributed by atoms with Gasteiger partial charge in [0, 0.05) is 54.9 Å². The number of carbonyl (C=O) groups excluding carboxylic acids is 2. The number of rotatable bonds is 8. The minimum absolute atomic E-state index is 0.0288. The Morgan fingerprint density at radius 3 is 2.16 bits per heavy atom. The van der Waals surface area contributed by atoms with Crippen molar-refractivity contribution in [2.24, 2.45) is 17.6 Å². The van der Waals surface area contributed by atoms with E-state index in [1.165, 1.54) is 0 Å². The maximum Gasteiger partial charge on any atom is 0.411 e. The third-order valence-corrected chi connectivity index (χ3v) is 7.69. The van der Waals surface area contributed by atoms with Crippen molar-refractivity contribution in [1.29, 1.82) is 0 Å². The first-order chi connectivity index (χ1) is 20.6. The number of fused-ring (bicyclic) bond motifs is 1. The van der Waals surface area contributed by atoms with Crippen LogP contribution in [-0.4, -0.2) is 70.3 Å². The molecular weight excluding hydrogens is 544 g/mol. The highest BCUT2D eigenvalue weighted by Gasteiger charge is 2.27. The maximum atomic E-state index is 12.6. The molecular formula is C32H40N8O3. The van der Waals surface area contributed by atoms with Gasteiger partial charge in [-0.1, -0.05) is 52.0 Å². The highest BCUT2D eigenvalue weighted by atomic mass is 16.5. The van der Waals surface area contributed by atoms with Crippen molar-refractivity contribution in [3.63, 3.8) is 0 Å². The van der Waals surface area contributed by atoms with Crippen LogP contribution in [-0.2, 0) is 9.53 Å². The van der Waals surface area contributed by atoms with E-state index in [-0.39, 0.29) is 17.7 Å². The fourth-order valence-electron chi connectivity index (χ4n) is 5.04. The highest BCUT2D eigenvalue weighted by Crippen LogP contribution is 2.31. The number of anilines is 3. The van der Waals surface area contributed by atoms with Gasteiger partial charge in [0.1, 0.15) is 5.82 Å². The Labute approximate surface area is 251 Å². The molecule has 1 fully saturated rings. The zero-order valence-electron chi connectivity index (χ0n) is 25.2. The van der Waals surface area contributed by atoms with Crippen LogP contribution in [0.5, 0.6) is 0 Å². The van der Waals surface area contributed by atoms with Gasteiger partial charge in [0.25, 0.3) is 0 Å². The average molecular weight is 585 g/mol. The third kappa shape index (κ3) is 6.56. The molecule has 11 heteroatoms. The first kappa shape index (κ1) is 29.8. The first-order valence-corrected chi connectivity index (χ1v) is 14.7. The number of aromatic nitrogens is 3. The number of ether oxygens (including phenoxy) is 1. The molecule has 5 rings (SSSR count). The van der Waals surface area contributed by atoms with E-state index in [4.69, 9.17) is 21.2 Å². The number of nitrogens with one attached hydrogen (secondary N) is 1. The first-order valence-electron chi connectivity index (χ1n) is 14.7. The summed E-state index contributed by atoms with van der Waals surface area (Å²) >= 11 is 0. The molecule has 43 heavy (non-hydrogen) atoms. The molecule has 5 N–H and O–H groups in total. The fraction of sp³-hybridized carbons (Fsp3) is 0.375. The lowest BCUT2D eigenvalue weighted by molar-refractivity contribution is -0.133. The summed E-state index contributed by atoms with van der Waals surface area (Å²) in [6.07, 6.45) is 3.04. The minimum Gasteiger partial charge on any atom is -0.449 e. The maximum absolute atomic E-state index is 12.6. The number of carbonyl (C=O) groups is 2. The van der Waals surface area contributed by atoms with Crippen LogP contribution in [0.25, 0.3) is 27.9 Å². The summed E-state index contributed by atoms with van der Waals surface area (Å²) in [5.74, 6) is 0.883. The predicted molar refractivity (Wildman–Crippen MR) is 170 cm³/mol. The summed E-state index contributed by atoms with van der Waals surface area (Å²) in [4.78, 5) is 33.4. The van der Waals surface area contributed by atoms with E-state index in [2.05, 4.69) is 39.6 Å². The lowest BCUT2D eigenvalue weighted by atomic mass is 10.0. The van der Waals surface area contributed by atoms with Crippen molar-refractivity contribution in [1.82, 2.24) is 19.5 Å². The molecule has 11 nitrogen and oxygen atoms in total. The smallest absolute Gasteiger partial charge is 0.411 e. The number of amides is 2. The molecule has 226 valence electrons. The monoisotopic (exact) mass is 584 g/mol. The lowest BCUT2D eigenvalue weighted by Crippen LogP contribution is -2.54. The summed E-state index contributed by atoms with van der Waals surface area (Å²) < 4.78 is 6.83. The largest absolute Gasteiger partial charge is 0.449 e. The topological polar surface area (TPSA) is 144 Å². The van der Waals surface area contributed by atoms with Gasteiger partial charge in [0.2, 0.25) is 5.91 Å². The number of hydrogen-bond acceptors (Lipinski definition) is 8. The number of nitrogens with zero attached hydrogens (tertiary/aromatic N) is 5. The van der Waals surface area contributed by atoms with Crippen LogP contribution >= 0.6 is 0 Å². The average Bonchev–Trinajstić information content (AvgIpc) is 3.45. The third-order valence-electron chi connectivity index (χ3n) is 7.69. The number of benzene rings is 2. The Bertz CT molecular complexity index is 1570. The molecule has 4 aromatic rings. The summed E-state index contributed by atoms with van der Waals surface area (Å²) in [5, 5.41) is 7.26. The van der Waals surface area contributed by atoms with Gasteiger partial charge in [-0.15, -0.1) is 0 Å². The molecule has 0 bridgehead atoms. The predicted octanol–water partition coefficient (Wildman–Crippen LogP) is 4.48. The van der Waals surface area contributed by atoms with Crippen LogP contribution in [0.2, 0.25) is 0 Å². The summed E-state index contributed by atoms with van der Waals surface area (Å²) in [6, 6.07) is 15.2. The van der Waals surface area contributed by atoms with E-state index < -0.39 is 12.1 Å². The fourth-order valence-corrected chi connectivity index (χ4v) is 5.04. The van der Waals surface area contributed by atoms with Gasteiger partial charge < -0.3 is 26.0 Å². The number of piperazine rings is 1. The Kier molecular flexibility index (Phi) is 8.81. The highest BCUT2D eigenvalue weighted by molar-refractivity contribution is 5.86. The molecule has 3 heterocycles. The second kappa shape index (κ2) is 12.7. The molecule has 0 unspecified atom stereocenters. The quantitative estimate of drug-likeness (QED) is 0.275. The van der Waals surface area contributed by atoms with Crippen LogP contribution in [0, 0.1) is 11.8 Å². The molecule has 0 saturated carbocycles. The van der Waals surface area contributed by atoms with Crippen molar-refractivity contribution in [3.8, 4) is 22.3 Å². The molecule has 1 saturated heterocycles. The molecule has 0 spiro atoms. The van der Waals surface area contributed by atoms with E-state index in [1.54, 1.807) is 29.0 Å². The number of nitrogen functional groups attached to an aromatic ring is 1. The molecule has 1 atom stereocenters. The van der Waals surface area contributed by atoms with Crippen LogP contribution < -0.4 is 21.7 Å². The van der Waals surface area contributed by atoms with Crippen molar-refractivity contribution in [3.05, 3.63) is 60.9 Å². The van der Waals surface area contributed by atoms with Gasteiger partial charge in [-0.05, 0) is 47.2 Å². The van der Waals surface area contributed by atoms with Crippen molar-refractivity contribution < 1.29 is 14.3 Å². The second-order valence-electron chi connectivity index (χ2n) is 11.7. The standard InChI is InChI=1S/C32H40N8O3/c1-20(2)19-43-32(42)37-24-9-5-22(6-10-24)26-17-35-30-27(18-36-40(30)29(26)34)23-7-11-25(12-8-23)38-13-15-39(16-14-38)31(41)28(33)21(3)4/h5-12,17-18,20-21,28H,13-16,19,33-34H2,1-4H3,(H,37,42)/t28-/m0/s1. The Morgan fingerprint density at radius 1 is 0.907 bits per heavy atom. The summed E-state index contributed by atoms with van der Waals surface area (Å²) in [7, 11) is 0. The molecule has 2 aromatic heterocycles. The lowest BCUT2D eigenvalue weighted by Gasteiger charge is -2.37. The molecule has 2 aromatic carbocycles. The molecule has 1 aliphatic rings. The van der Waals surface area contributed by atoms with Crippen molar-refractivity contribution in [2.75, 3.05) is 48.7 Å². The summed E-state index contributed by atoms with van der Waals surface area (Å²) in [5.41, 5.74) is 18.5. The van der Waals surface area contributed by atoms with Gasteiger partial charge in [-0.25, -0.2) is 9.78 Å². The van der Waals surface area contributed by atoms with E-state index in [9.17, 15) is 9.59 Å². The van der Waals surface area contributed by atoms with Gasteiger partial charge in [0.15, 0.2) is 5.65 Å². The van der Waals surface area contributed by atoms with Crippen LogP contribution in [0.3, 0.4) is 0 Å².